The van der Waals surface area contributed by atoms with E-state index in [1.54, 1.807) is 19.1 Å². The summed E-state index contributed by atoms with van der Waals surface area (Å²) in [6, 6.07) is 4.82. The predicted molar refractivity (Wildman–Crippen MR) is 38.2 cm³/mol. The summed E-state index contributed by atoms with van der Waals surface area (Å²) in [6.07, 6.45) is 0.708. The van der Waals surface area contributed by atoms with Gasteiger partial charge in [0.2, 0.25) is 0 Å². The topological polar surface area (TPSA) is 37.3 Å². The fourth-order valence-electron chi connectivity index (χ4n) is 0.700. The number of rotatable bonds is 1. The predicted octanol–water partition coefficient (Wildman–Crippen LogP) is 1.51. The van der Waals surface area contributed by atoms with Crippen LogP contribution < -0.4 is 0 Å². The summed E-state index contributed by atoms with van der Waals surface area (Å²) < 4.78 is 0. The van der Waals surface area contributed by atoms with E-state index in [1.165, 1.54) is 6.07 Å². The first-order valence-corrected chi connectivity index (χ1v) is 2.99. The lowest BCUT2D eigenvalue weighted by atomic mass is 10.1. The molecule has 2 nitrogen and oxygen atoms in total. The summed E-state index contributed by atoms with van der Waals surface area (Å²) >= 11 is 0. The van der Waals surface area contributed by atoms with Crippen LogP contribution in [0.1, 0.15) is 15.9 Å². The molecule has 0 bridgehead atoms. The average molecular weight is 136 g/mol. The molecule has 1 aromatic carbocycles. The highest BCUT2D eigenvalue weighted by molar-refractivity contribution is 5.75. The molecule has 0 atom stereocenters. The number of hydrogen-bond acceptors (Lipinski definition) is 2. The van der Waals surface area contributed by atoms with Gasteiger partial charge >= 0.3 is 0 Å². The quantitative estimate of drug-likeness (QED) is 0.594. The highest BCUT2D eigenvalue weighted by Gasteiger charge is 1.95. The first-order chi connectivity index (χ1) is 4.74. The van der Waals surface area contributed by atoms with Crippen molar-refractivity contribution in [3.63, 3.8) is 0 Å². The molecule has 1 rings (SSSR count). The minimum atomic E-state index is 0.171. The lowest BCUT2D eigenvalue weighted by Crippen LogP contribution is -1.80. The van der Waals surface area contributed by atoms with E-state index in [2.05, 4.69) is 0 Å². The number of aromatic hydroxyl groups is 1. The lowest BCUT2D eigenvalue weighted by Gasteiger charge is -1.96. The van der Waals surface area contributed by atoms with Gasteiger partial charge < -0.3 is 5.11 Å². The van der Waals surface area contributed by atoms with Crippen molar-refractivity contribution < 1.29 is 9.90 Å². The van der Waals surface area contributed by atoms with Crippen LogP contribution in [0.2, 0.25) is 0 Å². The number of carbonyl (C=O) groups is 1. The van der Waals surface area contributed by atoms with E-state index >= 15 is 0 Å². The number of aryl methyl sites for hydroxylation is 1. The van der Waals surface area contributed by atoms with Crippen molar-refractivity contribution in [3.8, 4) is 5.75 Å². The van der Waals surface area contributed by atoms with E-state index in [0.29, 0.717) is 11.8 Å². The molecular formula is C8H8O2. The smallest absolute Gasteiger partial charge is 0.150 e. The maximum Gasteiger partial charge on any atom is 0.150 e. The molecule has 0 fully saturated rings. The number of carbonyl (C=O) groups excluding carboxylic acids is 1. The van der Waals surface area contributed by atoms with Gasteiger partial charge in [0, 0.05) is 5.56 Å². The molecule has 0 saturated carbocycles. The first-order valence-electron chi connectivity index (χ1n) is 2.99. The van der Waals surface area contributed by atoms with Gasteiger partial charge in [0.1, 0.15) is 12.0 Å². The second-order valence-corrected chi connectivity index (χ2v) is 2.16. The molecule has 2 heteroatoms. The number of hydrogen-bond donors (Lipinski definition) is 1. The van der Waals surface area contributed by atoms with E-state index in [0.717, 1.165) is 5.56 Å². The standard InChI is InChI=1S/C8H8O2/c1-6-2-3-7(5-9)4-8(6)10/h2-5,10H,1H3. The number of phenols is 1. The van der Waals surface area contributed by atoms with E-state index in [1.807, 2.05) is 0 Å². The molecule has 0 amide bonds. The fraction of sp³-hybridized carbons (Fsp3) is 0.125. The Balaban J connectivity index is 3.16. The minimum Gasteiger partial charge on any atom is -0.508 e. The Morgan fingerprint density at radius 3 is 2.70 bits per heavy atom. The van der Waals surface area contributed by atoms with Crippen molar-refractivity contribution in [2.75, 3.05) is 0 Å². The second kappa shape index (κ2) is 2.52. The zero-order valence-corrected chi connectivity index (χ0v) is 5.66. The minimum absolute atomic E-state index is 0.171. The van der Waals surface area contributed by atoms with Gasteiger partial charge in [0.15, 0.2) is 0 Å². The van der Waals surface area contributed by atoms with Crippen molar-refractivity contribution in [2.45, 2.75) is 6.92 Å². The van der Waals surface area contributed by atoms with Crippen LogP contribution in [0.25, 0.3) is 0 Å². The van der Waals surface area contributed by atoms with Crippen LogP contribution in [0.4, 0.5) is 0 Å². The maximum absolute atomic E-state index is 10.2. The molecule has 10 heavy (non-hydrogen) atoms. The Bertz CT molecular complexity index is 253. The van der Waals surface area contributed by atoms with Gasteiger partial charge in [0.25, 0.3) is 0 Å². The molecule has 0 saturated heterocycles. The van der Waals surface area contributed by atoms with Gasteiger partial charge in [-0.15, -0.1) is 0 Å². The largest absolute Gasteiger partial charge is 0.508 e. The maximum atomic E-state index is 10.2. The van der Waals surface area contributed by atoms with Gasteiger partial charge in [-0.2, -0.15) is 0 Å². The molecule has 0 aromatic heterocycles. The Kier molecular flexibility index (Phi) is 1.71. The van der Waals surface area contributed by atoms with Gasteiger partial charge in [0.05, 0.1) is 0 Å². The van der Waals surface area contributed by atoms with Crippen LogP contribution in [-0.4, -0.2) is 11.4 Å². The summed E-state index contributed by atoms with van der Waals surface area (Å²) in [6.45, 7) is 1.78. The van der Waals surface area contributed by atoms with Gasteiger partial charge in [-0.3, -0.25) is 4.79 Å². The molecule has 0 aliphatic heterocycles. The normalized spacial score (nSPS) is 9.30. The molecule has 0 aliphatic carbocycles. The molecule has 0 spiro atoms. The molecule has 1 N–H and O–H groups in total. The van der Waals surface area contributed by atoms with Crippen molar-refractivity contribution in [2.24, 2.45) is 0 Å². The number of phenolic OH excluding ortho intramolecular Hbond substituents is 1. The third-order valence-corrected chi connectivity index (χ3v) is 1.37. The van der Waals surface area contributed by atoms with Crippen LogP contribution in [0.3, 0.4) is 0 Å². The first kappa shape index (κ1) is 6.81. The van der Waals surface area contributed by atoms with Crippen LogP contribution in [0.15, 0.2) is 18.2 Å². The van der Waals surface area contributed by atoms with Crippen LogP contribution in [0.5, 0.6) is 5.75 Å². The van der Waals surface area contributed by atoms with Gasteiger partial charge in [-0.25, -0.2) is 0 Å². The summed E-state index contributed by atoms with van der Waals surface area (Å²) in [7, 11) is 0. The Hall–Kier alpha value is -1.31. The van der Waals surface area contributed by atoms with E-state index in [9.17, 15) is 4.79 Å². The van der Waals surface area contributed by atoms with E-state index in [4.69, 9.17) is 5.11 Å². The highest BCUT2D eigenvalue weighted by Crippen LogP contribution is 2.15. The monoisotopic (exact) mass is 136 g/mol. The SMILES string of the molecule is Cc1ccc(C=O)cc1O. The molecule has 0 unspecified atom stereocenters. The molecule has 1 aromatic rings. The third-order valence-electron chi connectivity index (χ3n) is 1.37. The average Bonchev–Trinajstić information content (AvgIpc) is 1.95. The molecule has 0 radical (unpaired) electrons. The highest BCUT2D eigenvalue weighted by atomic mass is 16.3. The summed E-state index contributed by atoms with van der Waals surface area (Å²) in [5.41, 5.74) is 1.29. The van der Waals surface area contributed by atoms with Crippen molar-refractivity contribution >= 4 is 6.29 Å². The fourth-order valence-corrected chi connectivity index (χ4v) is 0.700. The summed E-state index contributed by atoms with van der Waals surface area (Å²) in [5, 5.41) is 9.07. The van der Waals surface area contributed by atoms with Crippen molar-refractivity contribution in [3.05, 3.63) is 29.3 Å². The molecule has 52 valence electrons. The Morgan fingerprint density at radius 1 is 1.50 bits per heavy atom. The Labute approximate surface area is 59.1 Å². The van der Waals surface area contributed by atoms with E-state index < -0.39 is 0 Å². The van der Waals surface area contributed by atoms with Crippen LogP contribution >= 0.6 is 0 Å². The number of benzene rings is 1. The number of aldehydes is 1. The summed E-state index contributed by atoms with van der Waals surface area (Å²) in [4.78, 5) is 10.2. The summed E-state index contributed by atoms with van der Waals surface area (Å²) in [5.74, 6) is 0.171. The lowest BCUT2D eigenvalue weighted by molar-refractivity contribution is 0.112. The molecule has 0 heterocycles. The second-order valence-electron chi connectivity index (χ2n) is 2.16. The Morgan fingerprint density at radius 2 is 2.20 bits per heavy atom. The van der Waals surface area contributed by atoms with Crippen molar-refractivity contribution in [1.29, 1.82) is 0 Å². The van der Waals surface area contributed by atoms with Gasteiger partial charge in [-0.05, 0) is 18.6 Å². The molecular weight excluding hydrogens is 128 g/mol. The van der Waals surface area contributed by atoms with Crippen molar-refractivity contribution in [1.82, 2.24) is 0 Å². The van der Waals surface area contributed by atoms with Crippen LogP contribution in [0, 0.1) is 6.92 Å². The van der Waals surface area contributed by atoms with E-state index in [-0.39, 0.29) is 5.75 Å². The molecule has 0 aliphatic rings. The zero-order chi connectivity index (χ0) is 7.56. The van der Waals surface area contributed by atoms with Crippen LogP contribution in [-0.2, 0) is 0 Å². The zero-order valence-electron chi connectivity index (χ0n) is 5.66. The van der Waals surface area contributed by atoms with Gasteiger partial charge in [-0.1, -0.05) is 12.1 Å². The third kappa shape index (κ3) is 1.16.